The zero-order chi connectivity index (χ0) is 12.5. The minimum atomic E-state index is 0. The van der Waals surface area contributed by atoms with Crippen LogP contribution in [0.15, 0.2) is 42.5 Å². The second kappa shape index (κ2) is 5.93. The first-order chi connectivity index (χ1) is 8.85. The second-order valence-electron chi connectivity index (χ2n) is 4.14. The van der Waals surface area contributed by atoms with E-state index in [4.69, 9.17) is 12.7 Å². The Labute approximate surface area is 134 Å². The van der Waals surface area contributed by atoms with Crippen molar-refractivity contribution in [3.63, 3.8) is 0 Å². The standard InChI is InChI=1S/C14H10BNO2.Na/c15-18-9-16-13-4-2-1-3-11(13)12-7-10(8-17)5-6-14(12)16;/h1-8H,9H2;/q-1;+1. The summed E-state index contributed by atoms with van der Waals surface area (Å²) in [6.07, 6.45) is 0.852. The van der Waals surface area contributed by atoms with Crippen LogP contribution in [0.25, 0.3) is 21.8 Å². The first-order valence-corrected chi connectivity index (χ1v) is 5.63. The molecule has 0 saturated carbocycles. The maximum Gasteiger partial charge on any atom is 1.00 e. The van der Waals surface area contributed by atoms with Crippen LogP contribution in [0.5, 0.6) is 0 Å². The molecular weight excluding hydrogens is 248 g/mol. The predicted molar refractivity (Wildman–Crippen MR) is 71.7 cm³/mol. The van der Waals surface area contributed by atoms with Gasteiger partial charge >= 0.3 is 29.6 Å². The molecule has 0 amide bonds. The van der Waals surface area contributed by atoms with Crippen LogP contribution < -0.4 is 29.6 Å². The van der Waals surface area contributed by atoms with Gasteiger partial charge < -0.3 is 17.3 Å². The van der Waals surface area contributed by atoms with Crippen molar-refractivity contribution in [1.82, 2.24) is 4.57 Å². The molecule has 0 spiro atoms. The fourth-order valence-electron chi connectivity index (χ4n) is 2.36. The summed E-state index contributed by atoms with van der Waals surface area (Å²) in [5.74, 6) is 0. The molecule has 19 heavy (non-hydrogen) atoms. The fraction of sp³-hybridized carbons (Fsp3) is 0.0714. The van der Waals surface area contributed by atoms with Gasteiger partial charge in [-0.3, -0.25) is 4.79 Å². The number of hydrogen-bond donors (Lipinski definition) is 0. The predicted octanol–water partition coefficient (Wildman–Crippen LogP) is -0.331. The van der Waals surface area contributed by atoms with Gasteiger partial charge in [-0.2, -0.15) is 0 Å². The van der Waals surface area contributed by atoms with Crippen LogP contribution in [-0.2, 0) is 11.4 Å². The van der Waals surface area contributed by atoms with Crippen molar-refractivity contribution in [3.8, 4) is 0 Å². The van der Waals surface area contributed by atoms with Gasteiger partial charge in [-0.15, -0.1) is 0 Å². The number of rotatable bonds is 3. The summed E-state index contributed by atoms with van der Waals surface area (Å²) in [5, 5.41) is 2.13. The van der Waals surface area contributed by atoms with E-state index in [0.717, 1.165) is 28.1 Å². The van der Waals surface area contributed by atoms with E-state index in [1.165, 1.54) is 0 Å². The molecule has 5 heteroatoms. The largest absolute Gasteiger partial charge is 1.00 e. The number of fused-ring (bicyclic) bond motifs is 3. The molecule has 3 aromatic rings. The first kappa shape index (κ1) is 14.3. The number of aldehydes is 1. The minimum absolute atomic E-state index is 0. The summed E-state index contributed by atoms with van der Waals surface area (Å²) in [5.41, 5.74) is 2.72. The van der Waals surface area contributed by atoms with Gasteiger partial charge in [0.15, 0.2) is 0 Å². The van der Waals surface area contributed by atoms with Crippen LogP contribution in [0.3, 0.4) is 0 Å². The molecule has 0 fully saturated rings. The number of nitrogens with zero attached hydrogens (tertiary/aromatic N) is 1. The molecule has 0 unspecified atom stereocenters. The summed E-state index contributed by atoms with van der Waals surface area (Å²) in [6.45, 7) is 0.282. The van der Waals surface area contributed by atoms with E-state index in [1.54, 1.807) is 6.07 Å². The van der Waals surface area contributed by atoms with E-state index in [-0.39, 0.29) is 36.3 Å². The van der Waals surface area contributed by atoms with E-state index < -0.39 is 0 Å². The van der Waals surface area contributed by atoms with E-state index in [2.05, 4.69) is 0 Å². The molecule has 0 atom stereocenters. The molecule has 1 aromatic heterocycles. The number of benzene rings is 2. The smallest absolute Gasteiger partial charge is 0.687 e. The van der Waals surface area contributed by atoms with Gasteiger partial charge in [0.05, 0.1) is 17.8 Å². The van der Waals surface area contributed by atoms with Crippen LogP contribution in [0.4, 0.5) is 0 Å². The zero-order valence-electron chi connectivity index (χ0n) is 10.7. The fourth-order valence-corrected chi connectivity index (χ4v) is 2.36. The van der Waals surface area contributed by atoms with E-state index in [0.29, 0.717) is 5.56 Å². The Balaban J connectivity index is 0.00000133. The van der Waals surface area contributed by atoms with Crippen LogP contribution in [-0.4, -0.2) is 18.9 Å². The Kier molecular flexibility index (Phi) is 4.48. The normalized spacial score (nSPS) is 10.6. The molecule has 0 aliphatic rings. The average Bonchev–Trinajstić information content (AvgIpc) is 2.74. The van der Waals surface area contributed by atoms with Crippen LogP contribution in [0.1, 0.15) is 10.4 Å². The first-order valence-electron chi connectivity index (χ1n) is 5.63. The summed E-state index contributed by atoms with van der Waals surface area (Å²) in [6, 6.07) is 13.6. The Hall–Kier alpha value is -1.07. The Morgan fingerprint density at radius 3 is 2.58 bits per heavy atom. The van der Waals surface area contributed by atoms with Crippen molar-refractivity contribution >= 4 is 36.1 Å². The van der Waals surface area contributed by atoms with Crippen LogP contribution in [0.2, 0.25) is 0 Å². The van der Waals surface area contributed by atoms with Gasteiger partial charge in [0, 0.05) is 16.3 Å². The van der Waals surface area contributed by atoms with Crippen LogP contribution in [0, 0.1) is 0 Å². The molecule has 3 rings (SSSR count). The third-order valence-corrected chi connectivity index (χ3v) is 3.14. The maximum atomic E-state index is 10.9. The van der Waals surface area contributed by atoms with Gasteiger partial charge in [-0.25, -0.2) is 0 Å². The number of para-hydroxylation sites is 1. The number of hydrogen-bond acceptors (Lipinski definition) is 2. The van der Waals surface area contributed by atoms with Crippen molar-refractivity contribution in [2.24, 2.45) is 0 Å². The van der Waals surface area contributed by atoms with E-state index in [9.17, 15) is 4.79 Å². The molecule has 0 bridgehead atoms. The van der Waals surface area contributed by atoms with Crippen molar-refractivity contribution in [2.75, 3.05) is 0 Å². The minimum Gasteiger partial charge on any atom is -0.687 e. The maximum absolute atomic E-state index is 10.9. The SMILES string of the molecule is [B-]OCn1c2ccccc2c2cc(C=O)ccc21.[Na+]. The Bertz CT molecular complexity index is 739. The average molecular weight is 258 g/mol. The molecule has 0 N–H and O–H groups in total. The Morgan fingerprint density at radius 2 is 1.84 bits per heavy atom. The molecule has 3 radical (unpaired) electrons. The molecule has 0 saturated heterocycles. The molecular formula is C14H10BNNaO2. The number of carbonyl (C=O) groups excluding carboxylic acids is 1. The zero-order valence-corrected chi connectivity index (χ0v) is 12.7. The second-order valence-corrected chi connectivity index (χ2v) is 4.14. The van der Waals surface area contributed by atoms with Crippen LogP contribution >= 0.6 is 0 Å². The molecule has 0 aliphatic carbocycles. The molecule has 0 aliphatic heterocycles. The third-order valence-electron chi connectivity index (χ3n) is 3.14. The van der Waals surface area contributed by atoms with Gasteiger partial charge in [0.1, 0.15) is 6.29 Å². The van der Waals surface area contributed by atoms with Gasteiger partial charge in [-0.05, 0) is 24.3 Å². The van der Waals surface area contributed by atoms with Gasteiger partial charge in [-0.1, -0.05) is 18.2 Å². The van der Waals surface area contributed by atoms with Crippen molar-refractivity contribution in [2.45, 2.75) is 6.73 Å². The molecule has 3 nitrogen and oxygen atoms in total. The monoisotopic (exact) mass is 258 g/mol. The van der Waals surface area contributed by atoms with Crippen molar-refractivity contribution < 1.29 is 39.0 Å². The van der Waals surface area contributed by atoms with Gasteiger partial charge in [0.25, 0.3) is 0 Å². The van der Waals surface area contributed by atoms with Crippen molar-refractivity contribution in [3.05, 3.63) is 48.0 Å². The van der Waals surface area contributed by atoms with E-state index >= 15 is 0 Å². The van der Waals surface area contributed by atoms with Gasteiger partial charge in [0.2, 0.25) is 0 Å². The molecule has 87 valence electrons. The summed E-state index contributed by atoms with van der Waals surface area (Å²) >= 11 is 0. The molecule has 2 aromatic carbocycles. The number of carbonyl (C=O) groups is 1. The topological polar surface area (TPSA) is 31.2 Å². The molecule has 1 heterocycles. The summed E-state index contributed by atoms with van der Waals surface area (Å²) < 4.78 is 6.74. The summed E-state index contributed by atoms with van der Waals surface area (Å²) in [4.78, 5) is 10.9. The Morgan fingerprint density at radius 1 is 1.11 bits per heavy atom. The number of aromatic nitrogens is 1. The van der Waals surface area contributed by atoms with E-state index in [1.807, 2.05) is 41.0 Å². The van der Waals surface area contributed by atoms with Crippen molar-refractivity contribution in [1.29, 1.82) is 0 Å². The quantitative estimate of drug-likeness (QED) is 0.476. The third kappa shape index (κ3) is 2.37. The summed E-state index contributed by atoms with van der Waals surface area (Å²) in [7, 11) is 5.18.